The first-order chi connectivity index (χ1) is 11.7. The van der Waals surface area contributed by atoms with Crippen molar-refractivity contribution >= 4 is 16.5 Å². The average molecular weight is 313 g/mol. The largest absolute Gasteiger partial charge is 0.440 e. The van der Waals surface area contributed by atoms with Crippen LogP contribution in [0.25, 0.3) is 10.8 Å². The van der Waals surface area contributed by atoms with Crippen molar-refractivity contribution < 1.29 is 4.74 Å². The van der Waals surface area contributed by atoms with Gasteiger partial charge in [-0.25, -0.2) is 0 Å². The number of nitriles is 1. The number of nitrogens with two attached hydrogens (primary N) is 2. The Morgan fingerprint density at radius 1 is 0.917 bits per heavy atom. The number of nitrogens with zero attached hydrogens (tertiary/aromatic N) is 1. The molecule has 24 heavy (non-hydrogen) atoms. The molecule has 0 fully saturated rings. The van der Waals surface area contributed by atoms with E-state index in [1.807, 2.05) is 30.3 Å². The third-order valence-electron chi connectivity index (χ3n) is 4.35. The summed E-state index contributed by atoms with van der Waals surface area (Å²) in [6.45, 7) is 0. The van der Waals surface area contributed by atoms with E-state index in [9.17, 15) is 5.26 Å². The highest BCUT2D eigenvalue weighted by molar-refractivity contribution is 5.83. The van der Waals surface area contributed by atoms with E-state index in [1.54, 1.807) is 6.07 Å². The second-order valence-electron chi connectivity index (χ2n) is 5.83. The van der Waals surface area contributed by atoms with Crippen LogP contribution in [0.4, 0.5) is 5.69 Å². The van der Waals surface area contributed by atoms with Crippen molar-refractivity contribution in [1.82, 2.24) is 0 Å². The van der Waals surface area contributed by atoms with Gasteiger partial charge in [-0.2, -0.15) is 5.26 Å². The topological polar surface area (TPSA) is 85.1 Å². The molecule has 3 aromatic rings. The Bertz CT molecular complexity index is 1030. The van der Waals surface area contributed by atoms with Crippen molar-refractivity contribution in [3.63, 3.8) is 0 Å². The number of rotatable bonds is 1. The number of hydrogen-bond acceptors (Lipinski definition) is 4. The Kier molecular flexibility index (Phi) is 3.14. The second-order valence-corrected chi connectivity index (χ2v) is 5.83. The summed E-state index contributed by atoms with van der Waals surface area (Å²) in [6, 6.07) is 22.0. The van der Waals surface area contributed by atoms with E-state index in [1.165, 1.54) is 0 Å². The summed E-state index contributed by atoms with van der Waals surface area (Å²) in [7, 11) is 0. The fraction of sp³-hybridized carbons (Fsp3) is 0.0500. The maximum Gasteiger partial charge on any atom is 0.205 e. The smallest absolute Gasteiger partial charge is 0.205 e. The van der Waals surface area contributed by atoms with Gasteiger partial charge in [-0.05, 0) is 22.4 Å². The predicted molar refractivity (Wildman–Crippen MR) is 94.1 cm³/mol. The van der Waals surface area contributed by atoms with Crippen molar-refractivity contribution in [2.24, 2.45) is 5.73 Å². The minimum Gasteiger partial charge on any atom is -0.440 e. The molecule has 4 N–H and O–H groups in total. The van der Waals surface area contributed by atoms with Crippen molar-refractivity contribution in [3.8, 4) is 11.8 Å². The highest BCUT2D eigenvalue weighted by Crippen LogP contribution is 2.43. The van der Waals surface area contributed by atoms with Gasteiger partial charge in [0.05, 0.1) is 5.92 Å². The first-order valence-electron chi connectivity index (χ1n) is 7.63. The molecule has 116 valence electrons. The van der Waals surface area contributed by atoms with Crippen LogP contribution >= 0.6 is 0 Å². The Morgan fingerprint density at radius 2 is 1.71 bits per heavy atom. The van der Waals surface area contributed by atoms with Gasteiger partial charge in [-0.1, -0.05) is 48.5 Å². The van der Waals surface area contributed by atoms with Crippen LogP contribution in [0.3, 0.4) is 0 Å². The van der Waals surface area contributed by atoms with Gasteiger partial charge in [-0.15, -0.1) is 0 Å². The minimum atomic E-state index is -0.260. The summed E-state index contributed by atoms with van der Waals surface area (Å²) in [5, 5.41) is 11.9. The molecule has 0 amide bonds. The normalized spacial score (nSPS) is 16.4. The Balaban J connectivity index is 1.95. The quantitative estimate of drug-likeness (QED) is 0.672. The van der Waals surface area contributed by atoms with Gasteiger partial charge in [0.25, 0.3) is 0 Å². The van der Waals surface area contributed by atoms with Gasteiger partial charge in [0.15, 0.2) is 0 Å². The molecule has 0 saturated carbocycles. The highest BCUT2D eigenvalue weighted by atomic mass is 16.5. The third-order valence-corrected chi connectivity index (χ3v) is 4.35. The molecule has 4 heteroatoms. The predicted octanol–water partition coefficient (Wildman–Crippen LogP) is 3.64. The summed E-state index contributed by atoms with van der Waals surface area (Å²) in [4.78, 5) is 0. The summed E-state index contributed by atoms with van der Waals surface area (Å²) in [5.41, 5.74) is 14.8. The maximum atomic E-state index is 9.59. The lowest BCUT2D eigenvalue weighted by molar-refractivity contribution is 0.394. The molecular formula is C20H15N3O. The van der Waals surface area contributed by atoms with Gasteiger partial charge in [-0.3, -0.25) is 0 Å². The first kappa shape index (κ1) is 14.2. The van der Waals surface area contributed by atoms with Crippen LogP contribution in [0.5, 0.6) is 5.75 Å². The Hall–Kier alpha value is -3.45. The van der Waals surface area contributed by atoms with Gasteiger partial charge in [0.2, 0.25) is 5.88 Å². The molecular weight excluding hydrogens is 298 g/mol. The van der Waals surface area contributed by atoms with E-state index in [0.717, 1.165) is 21.9 Å². The lowest BCUT2D eigenvalue weighted by Crippen LogP contribution is -2.21. The summed E-state index contributed by atoms with van der Waals surface area (Å²) < 4.78 is 5.61. The molecule has 0 saturated heterocycles. The van der Waals surface area contributed by atoms with E-state index >= 15 is 0 Å². The van der Waals surface area contributed by atoms with E-state index in [0.29, 0.717) is 17.0 Å². The van der Waals surface area contributed by atoms with Gasteiger partial charge in [0, 0.05) is 17.3 Å². The van der Waals surface area contributed by atoms with E-state index in [4.69, 9.17) is 16.2 Å². The van der Waals surface area contributed by atoms with Gasteiger partial charge in [0.1, 0.15) is 17.4 Å². The number of benzene rings is 3. The fourth-order valence-electron chi connectivity index (χ4n) is 3.20. The Labute approximate surface area is 139 Å². The van der Waals surface area contributed by atoms with Gasteiger partial charge < -0.3 is 16.2 Å². The SMILES string of the molecule is N#CC1=C(N)Oc2cc(N)ccc2[C@H]1c1ccc2ccccc2c1. The van der Waals surface area contributed by atoms with E-state index in [-0.39, 0.29) is 11.8 Å². The number of allylic oxidation sites excluding steroid dienone is 1. The van der Waals surface area contributed by atoms with Crippen LogP contribution in [0, 0.1) is 11.3 Å². The zero-order chi connectivity index (χ0) is 16.7. The molecule has 4 rings (SSSR count). The third kappa shape index (κ3) is 2.15. The van der Waals surface area contributed by atoms with Crippen LogP contribution in [-0.2, 0) is 0 Å². The van der Waals surface area contributed by atoms with Crippen LogP contribution in [0.2, 0.25) is 0 Å². The number of anilines is 1. The van der Waals surface area contributed by atoms with E-state index in [2.05, 4.69) is 30.3 Å². The molecule has 0 aromatic heterocycles. The van der Waals surface area contributed by atoms with Crippen molar-refractivity contribution in [2.45, 2.75) is 5.92 Å². The molecule has 1 aliphatic heterocycles. The standard InChI is InChI=1S/C20H15N3O/c21-11-17-19(14-6-5-12-3-1-2-4-13(12)9-14)16-8-7-15(22)10-18(16)24-20(17)23/h1-10,19H,22-23H2/t19-/m1/s1. The molecule has 1 aliphatic rings. The highest BCUT2D eigenvalue weighted by Gasteiger charge is 2.30. The molecule has 0 aliphatic carbocycles. The lowest BCUT2D eigenvalue weighted by Gasteiger charge is -2.26. The maximum absolute atomic E-state index is 9.59. The average Bonchev–Trinajstić information content (AvgIpc) is 2.60. The van der Waals surface area contributed by atoms with E-state index < -0.39 is 0 Å². The molecule has 0 unspecified atom stereocenters. The van der Waals surface area contributed by atoms with Crippen molar-refractivity contribution in [1.29, 1.82) is 5.26 Å². The molecule has 1 heterocycles. The second kappa shape index (κ2) is 5.32. The zero-order valence-corrected chi connectivity index (χ0v) is 12.9. The number of fused-ring (bicyclic) bond motifs is 2. The van der Waals surface area contributed by atoms with Crippen LogP contribution in [-0.4, -0.2) is 0 Å². The summed E-state index contributed by atoms with van der Waals surface area (Å²) in [5.74, 6) is 0.474. The number of ether oxygens (including phenoxy) is 1. The van der Waals surface area contributed by atoms with Crippen molar-refractivity contribution in [2.75, 3.05) is 5.73 Å². The molecule has 0 radical (unpaired) electrons. The molecule has 3 aromatic carbocycles. The number of nitrogen functional groups attached to an aromatic ring is 1. The minimum absolute atomic E-state index is 0.133. The van der Waals surface area contributed by atoms with Crippen molar-refractivity contribution in [3.05, 3.63) is 83.2 Å². The first-order valence-corrected chi connectivity index (χ1v) is 7.63. The van der Waals surface area contributed by atoms with Crippen LogP contribution < -0.4 is 16.2 Å². The van der Waals surface area contributed by atoms with Crippen LogP contribution in [0.15, 0.2) is 72.1 Å². The zero-order valence-electron chi connectivity index (χ0n) is 12.9. The fourth-order valence-corrected chi connectivity index (χ4v) is 3.20. The lowest BCUT2D eigenvalue weighted by atomic mass is 9.83. The molecule has 0 spiro atoms. The summed E-state index contributed by atoms with van der Waals surface area (Å²) in [6.07, 6.45) is 0. The molecule has 1 atom stereocenters. The summed E-state index contributed by atoms with van der Waals surface area (Å²) >= 11 is 0. The monoisotopic (exact) mass is 313 g/mol. The number of hydrogen-bond donors (Lipinski definition) is 2. The Morgan fingerprint density at radius 3 is 2.50 bits per heavy atom. The van der Waals surface area contributed by atoms with Crippen LogP contribution in [0.1, 0.15) is 17.0 Å². The molecule has 0 bridgehead atoms. The molecule has 4 nitrogen and oxygen atoms in total. The van der Waals surface area contributed by atoms with Gasteiger partial charge >= 0.3 is 0 Å².